The average molecular weight is 498 g/mol. The molecule has 3 aromatic heterocycles. The largest absolute Gasteiger partial charge is 0.381 e. The van der Waals surface area contributed by atoms with Crippen LogP contribution in [0.2, 0.25) is 0 Å². The van der Waals surface area contributed by atoms with Crippen LogP contribution in [0.25, 0.3) is 16.7 Å². The molecule has 9 heteroatoms. The summed E-state index contributed by atoms with van der Waals surface area (Å²) in [7, 11) is 1.85. The fourth-order valence-corrected chi connectivity index (χ4v) is 5.54. The summed E-state index contributed by atoms with van der Waals surface area (Å²) in [6.07, 6.45) is 4.34. The minimum atomic E-state index is -0.606. The molecule has 0 aliphatic carbocycles. The Bertz CT molecular complexity index is 1610. The van der Waals surface area contributed by atoms with Crippen molar-refractivity contribution >= 4 is 22.5 Å². The molecule has 1 unspecified atom stereocenters. The van der Waals surface area contributed by atoms with E-state index in [4.69, 9.17) is 5.73 Å². The molecule has 1 spiro atoms. The van der Waals surface area contributed by atoms with Gasteiger partial charge in [-0.25, -0.2) is 13.8 Å². The standard InChI is InChI=1S/C28H25F2N7/c1-17-22-11-20(29)6-7-23(22)28(8-10-36(18(28)2)9-4-5-19-14-32-35(3)15-19)37(17)16-21-12-25-26(33-21)13-24(30)27(31)34-25/h6-7,11-15,33H,1-2,8-10,16H2,3H3,(H2,31,34). The van der Waals surface area contributed by atoms with Crippen LogP contribution in [-0.2, 0) is 19.1 Å². The van der Waals surface area contributed by atoms with Gasteiger partial charge in [-0.3, -0.25) is 4.68 Å². The van der Waals surface area contributed by atoms with E-state index in [0.29, 0.717) is 29.8 Å². The second kappa shape index (κ2) is 8.23. The number of pyridine rings is 1. The fourth-order valence-electron chi connectivity index (χ4n) is 5.54. The van der Waals surface area contributed by atoms with Gasteiger partial charge in [0.15, 0.2) is 11.6 Å². The summed E-state index contributed by atoms with van der Waals surface area (Å²) in [5.41, 5.74) is 11.2. The number of hydrogen-bond acceptors (Lipinski definition) is 5. The summed E-state index contributed by atoms with van der Waals surface area (Å²) >= 11 is 0. The van der Waals surface area contributed by atoms with E-state index in [-0.39, 0.29) is 11.6 Å². The summed E-state index contributed by atoms with van der Waals surface area (Å²) in [5, 5.41) is 4.16. The monoisotopic (exact) mass is 497 g/mol. The van der Waals surface area contributed by atoms with E-state index < -0.39 is 11.4 Å². The van der Waals surface area contributed by atoms with Crippen molar-refractivity contribution in [1.82, 2.24) is 29.5 Å². The Morgan fingerprint density at radius 3 is 2.84 bits per heavy atom. The number of nitrogens with one attached hydrogen (secondary N) is 1. The molecule has 0 saturated carbocycles. The van der Waals surface area contributed by atoms with Gasteiger partial charge in [0.1, 0.15) is 11.4 Å². The van der Waals surface area contributed by atoms with Gasteiger partial charge in [-0.2, -0.15) is 5.10 Å². The summed E-state index contributed by atoms with van der Waals surface area (Å²) < 4.78 is 30.0. The van der Waals surface area contributed by atoms with Crippen molar-refractivity contribution in [2.45, 2.75) is 18.5 Å². The van der Waals surface area contributed by atoms with Gasteiger partial charge in [0, 0.05) is 48.5 Å². The number of nitrogens with two attached hydrogens (primary N) is 1. The van der Waals surface area contributed by atoms with Crippen LogP contribution in [0.15, 0.2) is 61.6 Å². The zero-order chi connectivity index (χ0) is 25.9. The Morgan fingerprint density at radius 2 is 2.05 bits per heavy atom. The van der Waals surface area contributed by atoms with Crippen LogP contribution in [0.4, 0.5) is 14.6 Å². The minimum Gasteiger partial charge on any atom is -0.381 e. The number of hydrogen-bond donors (Lipinski definition) is 2. The van der Waals surface area contributed by atoms with E-state index in [1.54, 1.807) is 10.9 Å². The van der Waals surface area contributed by atoms with Crippen molar-refractivity contribution in [2.24, 2.45) is 7.05 Å². The van der Waals surface area contributed by atoms with Crippen LogP contribution in [0.3, 0.4) is 0 Å². The number of likely N-dealkylation sites (tertiary alicyclic amines) is 1. The first-order chi connectivity index (χ1) is 17.8. The molecule has 0 radical (unpaired) electrons. The molecule has 2 aliphatic rings. The predicted octanol–water partition coefficient (Wildman–Crippen LogP) is 4.11. The molecule has 186 valence electrons. The molecule has 7 nitrogen and oxygen atoms in total. The molecule has 0 bridgehead atoms. The fraction of sp³-hybridized carbons (Fsp3) is 0.214. The molecule has 1 fully saturated rings. The molecule has 1 aromatic carbocycles. The third kappa shape index (κ3) is 3.56. The molecule has 3 N–H and O–H groups in total. The molecule has 1 atom stereocenters. The maximum absolute atomic E-state index is 14.3. The van der Waals surface area contributed by atoms with Crippen LogP contribution in [0.5, 0.6) is 0 Å². The van der Waals surface area contributed by atoms with Gasteiger partial charge in [0.05, 0.1) is 35.9 Å². The molecule has 37 heavy (non-hydrogen) atoms. The Hall–Kier alpha value is -4.58. The summed E-state index contributed by atoms with van der Waals surface area (Å²) in [5.74, 6) is 5.35. The lowest BCUT2D eigenvalue weighted by Gasteiger charge is -2.39. The third-order valence-corrected chi connectivity index (χ3v) is 7.30. The minimum absolute atomic E-state index is 0.143. The molecule has 1 saturated heterocycles. The highest BCUT2D eigenvalue weighted by molar-refractivity contribution is 5.79. The van der Waals surface area contributed by atoms with Crippen LogP contribution in [0.1, 0.15) is 28.8 Å². The lowest BCUT2D eigenvalue weighted by atomic mass is 9.86. The van der Waals surface area contributed by atoms with Crippen molar-refractivity contribution in [3.63, 3.8) is 0 Å². The van der Waals surface area contributed by atoms with Crippen molar-refractivity contribution in [3.8, 4) is 11.8 Å². The predicted molar refractivity (Wildman–Crippen MR) is 139 cm³/mol. The lowest BCUT2D eigenvalue weighted by molar-refractivity contribution is 0.209. The Labute approximate surface area is 212 Å². The number of nitrogens with zero attached hydrogens (tertiary/aromatic N) is 5. The zero-order valence-electron chi connectivity index (χ0n) is 20.4. The SMILES string of the molecule is C=C1c2cc(F)ccc2C2(CCN(CC#Cc3cnn(C)c3)C2=C)N1Cc1cc2nc(N)c(F)cc2[nH]1. The Morgan fingerprint density at radius 1 is 1.22 bits per heavy atom. The maximum Gasteiger partial charge on any atom is 0.167 e. The third-order valence-electron chi connectivity index (χ3n) is 7.30. The first-order valence-corrected chi connectivity index (χ1v) is 11.9. The normalized spacial score (nSPS) is 18.7. The van der Waals surface area contributed by atoms with Gasteiger partial charge in [0.25, 0.3) is 0 Å². The highest BCUT2D eigenvalue weighted by Crippen LogP contribution is 2.55. The maximum atomic E-state index is 14.3. The van der Waals surface area contributed by atoms with Crippen molar-refractivity contribution in [1.29, 1.82) is 0 Å². The average Bonchev–Trinajstić information content (AvgIpc) is 3.59. The molecular weight excluding hydrogens is 472 g/mol. The number of aryl methyl sites for hydroxylation is 1. The van der Waals surface area contributed by atoms with Gasteiger partial charge in [-0.1, -0.05) is 31.1 Å². The molecule has 0 amide bonds. The molecule has 4 aromatic rings. The summed E-state index contributed by atoms with van der Waals surface area (Å²) in [6.45, 7) is 10.5. The first-order valence-electron chi connectivity index (χ1n) is 11.9. The number of fused-ring (bicyclic) bond motifs is 3. The number of anilines is 1. The Kier molecular flexibility index (Phi) is 5.09. The smallest absolute Gasteiger partial charge is 0.167 e. The number of benzene rings is 1. The first kappa shape index (κ1) is 22.9. The van der Waals surface area contributed by atoms with E-state index in [1.165, 1.54) is 18.2 Å². The van der Waals surface area contributed by atoms with Gasteiger partial charge >= 0.3 is 0 Å². The second-order valence-corrected chi connectivity index (χ2v) is 9.49. The molecular formula is C28H25F2N7. The number of H-pyrrole nitrogens is 1. The van der Waals surface area contributed by atoms with Gasteiger partial charge < -0.3 is 20.5 Å². The molecule has 2 aliphatic heterocycles. The van der Waals surface area contributed by atoms with Gasteiger partial charge in [-0.15, -0.1) is 0 Å². The zero-order valence-corrected chi connectivity index (χ0v) is 20.4. The highest BCUT2D eigenvalue weighted by atomic mass is 19.1. The number of aromatic amines is 1. The Balaban J connectivity index is 1.36. The van der Waals surface area contributed by atoms with E-state index in [0.717, 1.165) is 41.0 Å². The van der Waals surface area contributed by atoms with Crippen molar-refractivity contribution in [2.75, 3.05) is 18.8 Å². The van der Waals surface area contributed by atoms with E-state index in [1.807, 2.05) is 25.4 Å². The number of rotatable bonds is 3. The van der Waals surface area contributed by atoms with Crippen LogP contribution in [-0.4, -0.2) is 42.6 Å². The van der Waals surface area contributed by atoms with E-state index in [9.17, 15) is 8.78 Å². The van der Waals surface area contributed by atoms with Crippen molar-refractivity contribution in [3.05, 3.63) is 95.6 Å². The van der Waals surface area contributed by atoms with Crippen LogP contribution < -0.4 is 5.73 Å². The number of nitrogen functional groups attached to an aromatic ring is 1. The highest BCUT2D eigenvalue weighted by Gasteiger charge is 2.53. The van der Waals surface area contributed by atoms with E-state index >= 15 is 0 Å². The summed E-state index contributed by atoms with van der Waals surface area (Å²) in [6, 6.07) is 8.03. The second-order valence-electron chi connectivity index (χ2n) is 9.49. The van der Waals surface area contributed by atoms with Crippen LogP contribution >= 0.6 is 0 Å². The topological polar surface area (TPSA) is 79.0 Å². The molecule has 5 heterocycles. The van der Waals surface area contributed by atoms with Gasteiger partial charge in [0.2, 0.25) is 0 Å². The van der Waals surface area contributed by atoms with Crippen LogP contribution in [0, 0.1) is 23.5 Å². The lowest BCUT2D eigenvalue weighted by Crippen LogP contribution is -2.40. The van der Waals surface area contributed by atoms with E-state index in [2.05, 4.69) is 49.9 Å². The van der Waals surface area contributed by atoms with Gasteiger partial charge in [-0.05, 0) is 30.2 Å². The molecule has 6 rings (SSSR count). The number of halogens is 2. The quantitative estimate of drug-likeness (QED) is 0.417. The van der Waals surface area contributed by atoms with Crippen molar-refractivity contribution < 1.29 is 8.78 Å². The summed E-state index contributed by atoms with van der Waals surface area (Å²) in [4.78, 5) is 11.7. The number of aromatic nitrogens is 4.